The molecule has 2 heterocycles. The lowest BCUT2D eigenvalue weighted by molar-refractivity contribution is 0.0602. The first-order valence-corrected chi connectivity index (χ1v) is 9.16. The number of carbonyl (C=O) groups is 1. The van der Waals surface area contributed by atoms with Gasteiger partial charge in [0, 0.05) is 11.1 Å². The number of nitrogens with zero attached hydrogens (tertiary/aromatic N) is 3. The summed E-state index contributed by atoms with van der Waals surface area (Å²) in [4.78, 5) is 24.9. The molecule has 8 nitrogen and oxygen atoms in total. The molecule has 30 heavy (non-hydrogen) atoms. The third-order valence-corrected chi connectivity index (χ3v) is 4.46. The lowest BCUT2D eigenvalue weighted by Gasteiger charge is -2.14. The van der Waals surface area contributed by atoms with E-state index >= 15 is 0 Å². The van der Waals surface area contributed by atoms with Crippen molar-refractivity contribution in [3.8, 4) is 11.6 Å². The van der Waals surface area contributed by atoms with Crippen LogP contribution in [0.2, 0.25) is 0 Å². The summed E-state index contributed by atoms with van der Waals surface area (Å²) >= 11 is 0. The summed E-state index contributed by atoms with van der Waals surface area (Å²) < 4.78 is 10.8. The van der Waals surface area contributed by atoms with E-state index in [0.29, 0.717) is 28.3 Å². The van der Waals surface area contributed by atoms with Gasteiger partial charge in [0.2, 0.25) is 5.88 Å². The Kier molecular flexibility index (Phi) is 5.13. The molecule has 0 bridgehead atoms. The fourth-order valence-corrected chi connectivity index (χ4v) is 2.97. The van der Waals surface area contributed by atoms with Crippen LogP contribution in [0.3, 0.4) is 0 Å². The maximum atomic E-state index is 12.0. The Bertz CT molecular complexity index is 1240. The highest BCUT2D eigenvalue weighted by Crippen LogP contribution is 2.34. The molecule has 0 saturated heterocycles. The molecule has 3 N–H and O–H groups in total. The second-order valence-corrected chi connectivity index (χ2v) is 6.49. The Balaban J connectivity index is 1.69. The van der Waals surface area contributed by atoms with Crippen LogP contribution in [0.15, 0.2) is 60.9 Å². The topological polar surface area (TPSA) is 112 Å². The number of esters is 1. The summed E-state index contributed by atoms with van der Waals surface area (Å²) in [5.74, 6) is 0.543. The van der Waals surface area contributed by atoms with Gasteiger partial charge in [-0.15, -0.1) is 0 Å². The highest BCUT2D eigenvalue weighted by atomic mass is 16.5. The minimum atomic E-state index is -0.473. The van der Waals surface area contributed by atoms with Crippen LogP contribution in [0.25, 0.3) is 10.9 Å². The van der Waals surface area contributed by atoms with E-state index in [-0.39, 0.29) is 11.6 Å². The number of carbonyl (C=O) groups excluding carboxylic acids is 1. The lowest BCUT2D eigenvalue weighted by atomic mass is 10.2. The number of hydrogen-bond acceptors (Lipinski definition) is 8. The Hall–Kier alpha value is -4.20. The van der Waals surface area contributed by atoms with Crippen molar-refractivity contribution < 1.29 is 14.3 Å². The number of hydrogen-bond donors (Lipinski definition) is 2. The molecule has 0 aliphatic heterocycles. The largest absolute Gasteiger partial charge is 0.465 e. The normalized spacial score (nSPS) is 10.6. The molecule has 4 aromatic rings. The number of ether oxygens (including phenoxy) is 2. The average Bonchev–Trinajstić information content (AvgIpc) is 2.76. The Morgan fingerprint density at radius 2 is 1.87 bits per heavy atom. The Morgan fingerprint density at radius 3 is 2.70 bits per heavy atom. The molecule has 2 aromatic heterocycles. The molecule has 8 heteroatoms. The van der Waals surface area contributed by atoms with Crippen LogP contribution < -0.4 is 15.8 Å². The van der Waals surface area contributed by atoms with Gasteiger partial charge in [-0.05, 0) is 31.2 Å². The molecule has 0 aliphatic carbocycles. The number of aryl methyl sites for hydroxylation is 1. The first-order chi connectivity index (χ1) is 14.6. The standard InChI is InChI=1S/C22H19N5O3/c1-13-10-11-14-6-5-9-17(19(14)26-13)30-21-18(23)20(24-12-25-21)27-16-8-4-3-7-15(16)22(28)29-2/h3-12H,23H2,1-2H3,(H,24,25,27). The maximum absolute atomic E-state index is 12.0. The SMILES string of the molecule is COC(=O)c1ccccc1Nc1ncnc(Oc2cccc3ccc(C)nc23)c1N. The van der Waals surface area contributed by atoms with Gasteiger partial charge in [-0.2, -0.15) is 4.98 Å². The van der Waals surface area contributed by atoms with Crippen LogP contribution in [0.5, 0.6) is 11.6 Å². The van der Waals surface area contributed by atoms with Crippen LogP contribution in [-0.4, -0.2) is 28.0 Å². The van der Waals surface area contributed by atoms with E-state index in [1.54, 1.807) is 30.3 Å². The molecule has 0 unspecified atom stereocenters. The minimum Gasteiger partial charge on any atom is -0.465 e. The van der Waals surface area contributed by atoms with E-state index in [0.717, 1.165) is 11.1 Å². The molecule has 0 aliphatic rings. The third kappa shape index (κ3) is 3.70. The number of methoxy groups -OCH3 is 1. The number of fused-ring (bicyclic) bond motifs is 1. The molecule has 0 amide bonds. The molecular weight excluding hydrogens is 382 g/mol. The van der Waals surface area contributed by atoms with Crippen LogP contribution in [0.4, 0.5) is 17.2 Å². The van der Waals surface area contributed by atoms with Gasteiger partial charge in [-0.25, -0.2) is 14.8 Å². The Labute approximate surface area is 172 Å². The molecule has 0 radical (unpaired) electrons. The van der Waals surface area contributed by atoms with Gasteiger partial charge in [0.25, 0.3) is 0 Å². The number of nitrogens with two attached hydrogens (primary N) is 1. The van der Waals surface area contributed by atoms with E-state index < -0.39 is 5.97 Å². The Morgan fingerprint density at radius 1 is 1.03 bits per heavy atom. The van der Waals surface area contributed by atoms with Crippen molar-refractivity contribution in [2.75, 3.05) is 18.2 Å². The van der Waals surface area contributed by atoms with Crippen molar-refractivity contribution >= 4 is 34.1 Å². The predicted molar refractivity (Wildman–Crippen MR) is 114 cm³/mol. The zero-order valence-corrected chi connectivity index (χ0v) is 16.4. The molecule has 0 saturated carbocycles. The van der Waals surface area contributed by atoms with Crippen molar-refractivity contribution in [3.63, 3.8) is 0 Å². The fraction of sp³-hybridized carbons (Fsp3) is 0.0909. The predicted octanol–water partition coefficient (Wildman–Crippen LogP) is 4.24. The average molecular weight is 401 g/mol. The number of rotatable bonds is 5. The van der Waals surface area contributed by atoms with E-state index in [2.05, 4.69) is 20.3 Å². The zero-order chi connectivity index (χ0) is 21.1. The van der Waals surface area contributed by atoms with Gasteiger partial charge >= 0.3 is 5.97 Å². The molecule has 4 rings (SSSR count). The molecule has 0 atom stereocenters. The van der Waals surface area contributed by atoms with Crippen molar-refractivity contribution in [3.05, 3.63) is 72.2 Å². The molecule has 0 fully saturated rings. The third-order valence-electron chi connectivity index (χ3n) is 4.46. The van der Waals surface area contributed by atoms with Crippen LogP contribution in [-0.2, 0) is 4.74 Å². The van der Waals surface area contributed by atoms with Gasteiger partial charge < -0.3 is 20.5 Å². The summed E-state index contributed by atoms with van der Waals surface area (Å²) in [6.45, 7) is 1.91. The number of nitrogens with one attached hydrogen (secondary N) is 1. The number of aromatic nitrogens is 3. The van der Waals surface area contributed by atoms with Crippen LogP contribution >= 0.6 is 0 Å². The van der Waals surface area contributed by atoms with Gasteiger partial charge in [0.1, 0.15) is 17.5 Å². The highest BCUT2D eigenvalue weighted by Gasteiger charge is 2.16. The van der Waals surface area contributed by atoms with Crippen molar-refractivity contribution in [1.82, 2.24) is 15.0 Å². The van der Waals surface area contributed by atoms with E-state index in [9.17, 15) is 4.79 Å². The number of para-hydroxylation sites is 2. The molecule has 2 aromatic carbocycles. The smallest absolute Gasteiger partial charge is 0.339 e. The second-order valence-electron chi connectivity index (χ2n) is 6.49. The monoisotopic (exact) mass is 401 g/mol. The zero-order valence-electron chi connectivity index (χ0n) is 16.4. The van der Waals surface area contributed by atoms with Gasteiger partial charge in [0.05, 0.1) is 18.4 Å². The van der Waals surface area contributed by atoms with Crippen molar-refractivity contribution in [1.29, 1.82) is 0 Å². The summed E-state index contributed by atoms with van der Waals surface area (Å²) in [5.41, 5.74) is 8.90. The quantitative estimate of drug-likeness (QED) is 0.478. The summed E-state index contributed by atoms with van der Waals surface area (Å²) in [6.07, 6.45) is 1.33. The molecular formula is C22H19N5O3. The fourth-order valence-electron chi connectivity index (χ4n) is 2.97. The van der Waals surface area contributed by atoms with E-state index in [1.807, 2.05) is 31.2 Å². The van der Waals surface area contributed by atoms with Gasteiger partial charge in [-0.3, -0.25) is 0 Å². The second kappa shape index (κ2) is 8.04. The first-order valence-electron chi connectivity index (χ1n) is 9.16. The summed E-state index contributed by atoms with van der Waals surface area (Å²) in [6, 6.07) is 16.4. The number of benzene rings is 2. The van der Waals surface area contributed by atoms with Gasteiger partial charge in [0.15, 0.2) is 11.6 Å². The number of nitrogen functional groups attached to an aromatic ring is 1. The minimum absolute atomic E-state index is 0.179. The summed E-state index contributed by atoms with van der Waals surface area (Å²) in [5, 5.41) is 4.00. The molecule has 150 valence electrons. The van der Waals surface area contributed by atoms with E-state index in [1.165, 1.54) is 13.4 Å². The molecule has 0 spiro atoms. The lowest BCUT2D eigenvalue weighted by Crippen LogP contribution is -2.08. The van der Waals surface area contributed by atoms with Crippen LogP contribution in [0, 0.1) is 6.92 Å². The number of anilines is 3. The first kappa shape index (κ1) is 19.1. The highest BCUT2D eigenvalue weighted by molar-refractivity contribution is 5.96. The number of pyridine rings is 1. The van der Waals surface area contributed by atoms with Crippen LogP contribution in [0.1, 0.15) is 16.1 Å². The van der Waals surface area contributed by atoms with Crippen molar-refractivity contribution in [2.45, 2.75) is 6.92 Å². The van der Waals surface area contributed by atoms with Gasteiger partial charge in [-0.1, -0.05) is 30.3 Å². The summed E-state index contributed by atoms with van der Waals surface area (Å²) in [7, 11) is 1.32. The maximum Gasteiger partial charge on any atom is 0.339 e. The van der Waals surface area contributed by atoms with E-state index in [4.69, 9.17) is 15.2 Å². The van der Waals surface area contributed by atoms with Crippen molar-refractivity contribution in [2.24, 2.45) is 0 Å².